The molecule has 1 aromatic carbocycles. The van der Waals surface area contributed by atoms with Crippen molar-refractivity contribution in [3.63, 3.8) is 0 Å². The second-order valence-electron chi connectivity index (χ2n) is 8.04. The second-order valence-corrected chi connectivity index (χ2v) is 8.04. The van der Waals surface area contributed by atoms with Crippen molar-refractivity contribution in [3.05, 3.63) is 85.0 Å². The van der Waals surface area contributed by atoms with Crippen LogP contribution >= 0.6 is 0 Å². The molecule has 0 bridgehead atoms. The van der Waals surface area contributed by atoms with E-state index >= 15 is 0 Å². The molecule has 6 aromatic rings. The van der Waals surface area contributed by atoms with E-state index in [9.17, 15) is 4.79 Å². The Balaban J connectivity index is 1.55. The SMILES string of the molecule is CC(C(=O)Nc1ccncc1)(c1ccccc1)n1ncc2c1nc(N)n1nc(-c3ccco3)nc21. The van der Waals surface area contributed by atoms with Crippen LogP contribution in [0.5, 0.6) is 0 Å². The van der Waals surface area contributed by atoms with Crippen molar-refractivity contribution in [1.29, 1.82) is 0 Å². The van der Waals surface area contributed by atoms with Crippen molar-refractivity contribution in [2.75, 3.05) is 11.1 Å². The highest BCUT2D eigenvalue weighted by molar-refractivity contribution is 6.00. The van der Waals surface area contributed by atoms with Gasteiger partial charge in [0.15, 0.2) is 22.6 Å². The molecule has 0 saturated carbocycles. The lowest BCUT2D eigenvalue weighted by molar-refractivity contribution is -0.122. The lowest BCUT2D eigenvalue weighted by Gasteiger charge is -2.29. The Bertz CT molecular complexity index is 1660. The molecule has 0 radical (unpaired) electrons. The van der Waals surface area contributed by atoms with E-state index in [0.29, 0.717) is 34.0 Å². The topological polar surface area (TPSA) is 142 Å². The number of hydrogen-bond donors (Lipinski definition) is 2. The first kappa shape index (κ1) is 20.5. The summed E-state index contributed by atoms with van der Waals surface area (Å²) in [4.78, 5) is 27.0. The number of nitrogens with one attached hydrogen (secondary N) is 1. The number of rotatable bonds is 5. The monoisotopic (exact) mass is 465 g/mol. The third kappa shape index (κ3) is 3.21. The minimum Gasteiger partial charge on any atom is -0.461 e. The van der Waals surface area contributed by atoms with Crippen molar-refractivity contribution < 1.29 is 9.21 Å². The first-order valence-corrected chi connectivity index (χ1v) is 10.8. The van der Waals surface area contributed by atoms with E-state index in [0.717, 1.165) is 5.56 Å². The number of carbonyl (C=O) groups is 1. The average molecular weight is 465 g/mol. The molecule has 5 aromatic heterocycles. The number of amides is 1. The Morgan fingerprint density at radius 3 is 2.57 bits per heavy atom. The van der Waals surface area contributed by atoms with Gasteiger partial charge in [0, 0.05) is 18.1 Å². The van der Waals surface area contributed by atoms with Crippen molar-refractivity contribution in [3.8, 4) is 11.6 Å². The summed E-state index contributed by atoms with van der Waals surface area (Å²) >= 11 is 0. The van der Waals surface area contributed by atoms with Crippen LogP contribution in [0, 0.1) is 0 Å². The zero-order chi connectivity index (χ0) is 24.0. The van der Waals surface area contributed by atoms with E-state index in [2.05, 4.69) is 30.5 Å². The molecule has 1 unspecified atom stereocenters. The number of anilines is 2. The lowest BCUT2D eigenvalue weighted by Crippen LogP contribution is -2.44. The first-order chi connectivity index (χ1) is 17.1. The van der Waals surface area contributed by atoms with Crippen LogP contribution in [0.1, 0.15) is 12.5 Å². The van der Waals surface area contributed by atoms with Crippen LogP contribution in [0.2, 0.25) is 0 Å². The number of hydrogen-bond acceptors (Lipinski definition) is 8. The maximum Gasteiger partial charge on any atom is 0.256 e. The van der Waals surface area contributed by atoms with Gasteiger partial charge in [0.1, 0.15) is 0 Å². The van der Waals surface area contributed by atoms with Crippen LogP contribution in [-0.2, 0) is 10.3 Å². The van der Waals surface area contributed by atoms with Crippen molar-refractivity contribution in [2.45, 2.75) is 12.5 Å². The van der Waals surface area contributed by atoms with Crippen molar-refractivity contribution in [1.82, 2.24) is 34.3 Å². The minimum absolute atomic E-state index is 0.101. The summed E-state index contributed by atoms with van der Waals surface area (Å²) in [5, 5.41) is 12.6. The number of aromatic nitrogens is 7. The third-order valence-electron chi connectivity index (χ3n) is 5.91. The van der Waals surface area contributed by atoms with E-state index < -0.39 is 5.54 Å². The van der Waals surface area contributed by atoms with E-state index in [4.69, 9.17) is 10.2 Å². The summed E-state index contributed by atoms with van der Waals surface area (Å²) in [5.74, 6) is 0.659. The van der Waals surface area contributed by atoms with Gasteiger partial charge in [-0.05, 0) is 36.8 Å². The van der Waals surface area contributed by atoms with Crippen molar-refractivity contribution >= 4 is 34.2 Å². The molecule has 6 rings (SSSR count). The van der Waals surface area contributed by atoms with Crippen LogP contribution in [0.25, 0.3) is 28.3 Å². The highest BCUT2D eigenvalue weighted by Crippen LogP contribution is 2.32. The normalized spacial score (nSPS) is 13.2. The molecule has 0 aliphatic rings. The molecule has 0 fully saturated rings. The predicted molar refractivity (Wildman–Crippen MR) is 128 cm³/mol. The predicted octanol–water partition coefficient (Wildman–Crippen LogP) is 3.11. The van der Waals surface area contributed by atoms with Gasteiger partial charge in [-0.1, -0.05) is 30.3 Å². The summed E-state index contributed by atoms with van der Waals surface area (Å²) in [6.45, 7) is 1.78. The minimum atomic E-state index is -1.27. The molecule has 5 heterocycles. The van der Waals surface area contributed by atoms with Gasteiger partial charge in [-0.15, -0.1) is 5.10 Å². The fraction of sp³-hybridized carbons (Fsp3) is 0.0833. The fourth-order valence-corrected chi connectivity index (χ4v) is 4.05. The average Bonchev–Trinajstić information content (AvgIpc) is 3.64. The molecular weight excluding hydrogens is 446 g/mol. The van der Waals surface area contributed by atoms with Gasteiger partial charge in [0.25, 0.3) is 5.91 Å². The van der Waals surface area contributed by atoms with Crippen LogP contribution in [0.4, 0.5) is 11.6 Å². The molecule has 0 saturated heterocycles. The summed E-state index contributed by atoms with van der Waals surface area (Å²) in [6, 6.07) is 16.3. The van der Waals surface area contributed by atoms with Crippen LogP contribution < -0.4 is 11.1 Å². The number of carbonyl (C=O) groups excluding carboxylic acids is 1. The van der Waals surface area contributed by atoms with Gasteiger partial charge in [0.05, 0.1) is 17.8 Å². The van der Waals surface area contributed by atoms with Gasteiger partial charge in [-0.25, -0.2) is 9.67 Å². The van der Waals surface area contributed by atoms with Gasteiger partial charge < -0.3 is 15.5 Å². The smallest absolute Gasteiger partial charge is 0.256 e. The number of nitrogens with two attached hydrogens (primary N) is 1. The van der Waals surface area contributed by atoms with Gasteiger partial charge in [0.2, 0.25) is 11.8 Å². The molecule has 1 amide bonds. The highest BCUT2D eigenvalue weighted by Gasteiger charge is 2.40. The molecule has 35 heavy (non-hydrogen) atoms. The molecule has 0 aliphatic carbocycles. The van der Waals surface area contributed by atoms with E-state index in [-0.39, 0.29) is 11.9 Å². The number of fused-ring (bicyclic) bond motifs is 3. The number of furan rings is 1. The van der Waals surface area contributed by atoms with E-state index in [1.807, 2.05) is 30.3 Å². The van der Waals surface area contributed by atoms with Gasteiger partial charge >= 0.3 is 0 Å². The lowest BCUT2D eigenvalue weighted by atomic mass is 9.91. The molecule has 1 atom stereocenters. The number of nitrogen functional groups attached to an aromatic ring is 1. The van der Waals surface area contributed by atoms with Gasteiger partial charge in [-0.3, -0.25) is 9.78 Å². The molecular formula is C24H19N9O2. The van der Waals surface area contributed by atoms with E-state index in [1.54, 1.807) is 60.7 Å². The molecule has 11 heteroatoms. The molecule has 172 valence electrons. The Kier molecular flexibility index (Phi) is 4.56. The summed E-state index contributed by atoms with van der Waals surface area (Å²) in [6.07, 6.45) is 6.38. The Morgan fingerprint density at radius 1 is 1.03 bits per heavy atom. The highest BCUT2D eigenvalue weighted by atomic mass is 16.3. The summed E-state index contributed by atoms with van der Waals surface area (Å²) in [5.41, 5.74) is 7.17. The van der Waals surface area contributed by atoms with E-state index in [1.165, 1.54) is 4.52 Å². The zero-order valence-electron chi connectivity index (χ0n) is 18.5. The Morgan fingerprint density at radius 2 is 1.83 bits per heavy atom. The number of benzene rings is 1. The van der Waals surface area contributed by atoms with Crippen molar-refractivity contribution in [2.24, 2.45) is 0 Å². The number of nitrogens with zero attached hydrogens (tertiary/aromatic N) is 7. The van der Waals surface area contributed by atoms with Gasteiger partial charge in [-0.2, -0.15) is 14.6 Å². The van der Waals surface area contributed by atoms with Crippen LogP contribution in [-0.4, -0.2) is 40.3 Å². The number of pyridine rings is 1. The largest absolute Gasteiger partial charge is 0.461 e. The standard InChI is InChI=1S/C24H19N9O2/c1-24(15-6-3-2-4-7-15,22(34)28-16-9-11-26-12-10-16)33-21-17(14-27-33)20-29-19(18-8-5-13-35-18)31-32(20)23(25)30-21/h2-14H,1H3,(H2,25,30)(H,26,28,34). The zero-order valence-corrected chi connectivity index (χ0v) is 18.5. The molecule has 0 aliphatic heterocycles. The quantitative estimate of drug-likeness (QED) is 0.395. The van der Waals surface area contributed by atoms with Crippen LogP contribution in [0.3, 0.4) is 0 Å². The fourth-order valence-electron chi connectivity index (χ4n) is 4.05. The maximum absolute atomic E-state index is 13.8. The Labute approximate surface area is 198 Å². The van der Waals surface area contributed by atoms with Crippen LogP contribution in [0.15, 0.2) is 83.9 Å². The second kappa shape index (κ2) is 7.76. The molecule has 11 nitrogen and oxygen atoms in total. The first-order valence-electron chi connectivity index (χ1n) is 10.8. The summed E-state index contributed by atoms with van der Waals surface area (Å²) < 4.78 is 8.42. The molecule has 0 spiro atoms. The Hall–Kier alpha value is -5.06. The maximum atomic E-state index is 13.8. The molecule has 3 N–H and O–H groups in total. The summed E-state index contributed by atoms with van der Waals surface area (Å²) in [7, 11) is 0. The third-order valence-corrected chi connectivity index (χ3v) is 5.91.